The third-order valence-electron chi connectivity index (χ3n) is 5.87. The number of amides is 2. The number of carbonyl (C=O) groups is 2. The monoisotopic (exact) mass is 481 g/mol. The van der Waals surface area contributed by atoms with Gasteiger partial charge >= 0.3 is 12.4 Å². The van der Waals surface area contributed by atoms with E-state index in [2.05, 4.69) is 5.32 Å². The van der Waals surface area contributed by atoms with Crippen molar-refractivity contribution in [3.63, 3.8) is 0 Å². The highest BCUT2D eigenvalue weighted by Gasteiger charge is 2.37. The zero-order chi connectivity index (χ0) is 24.8. The number of halogens is 6. The number of carbonyl (C=O) groups excluding carboxylic acids is 2. The van der Waals surface area contributed by atoms with Crippen molar-refractivity contribution in [1.29, 1.82) is 0 Å². The number of piperidine rings is 1. The van der Waals surface area contributed by atoms with Crippen molar-refractivity contribution in [3.8, 4) is 0 Å². The molecule has 1 aliphatic heterocycles. The number of anilines is 1. The number of hydrogen-bond acceptors (Lipinski definition) is 3. The van der Waals surface area contributed by atoms with Crippen LogP contribution < -0.4 is 11.1 Å². The number of nitrogens with one attached hydrogen (secondary N) is 1. The molecule has 1 heterocycles. The zero-order valence-corrected chi connectivity index (χ0v) is 18.4. The summed E-state index contributed by atoms with van der Waals surface area (Å²) in [6.45, 7) is 3.36. The molecule has 5 nitrogen and oxygen atoms in total. The summed E-state index contributed by atoms with van der Waals surface area (Å²) in [5.41, 5.74) is 1.99. The molecule has 0 radical (unpaired) electrons. The first-order valence-corrected chi connectivity index (χ1v) is 10.9. The Balaban J connectivity index is 1.96. The number of alkyl halides is 6. The summed E-state index contributed by atoms with van der Waals surface area (Å²) < 4.78 is 77.9. The van der Waals surface area contributed by atoms with Gasteiger partial charge in [0.05, 0.1) is 11.1 Å². The van der Waals surface area contributed by atoms with Crippen molar-refractivity contribution < 1.29 is 35.9 Å². The van der Waals surface area contributed by atoms with Crippen LogP contribution in [0.2, 0.25) is 0 Å². The van der Waals surface area contributed by atoms with E-state index < -0.39 is 35.1 Å². The number of benzene rings is 1. The number of nitrogens with two attached hydrogens (primary N) is 1. The van der Waals surface area contributed by atoms with Crippen molar-refractivity contribution in [2.75, 3.05) is 25.0 Å². The van der Waals surface area contributed by atoms with Crippen LogP contribution in [-0.2, 0) is 21.9 Å². The van der Waals surface area contributed by atoms with Gasteiger partial charge in [0, 0.05) is 31.1 Å². The molecule has 0 aliphatic carbocycles. The molecule has 1 aromatic carbocycles. The molecular weight excluding hydrogens is 452 g/mol. The molecular formula is C22H29F6N3O2. The van der Waals surface area contributed by atoms with Crippen molar-refractivity contribution in [3.05, 3.63) is 29.3 Å². The molecule has 0 bridgehead atoms. The molecule has 186 valence electrons. The normalized spacial score (nSPS) is 16.5. The Kier molecular flexibility index (Phi) is 9.16. The van der Waals surface area contributed by atoms with Gasteiger partial charge in [0.25, 0.3) is 0 Å². The van der Waals surface area contributed by atoms with Gasteiger partial charge in [-0.1, -0.05) is 6.92 Å². The molecule has 1 unspecified atom stereocenters. The van der Waals surface area contributed by atoms with Crippen LogP contribution in [0.1, 0.15) is 56.6 Å². The molecule has 0 aromatic heterocycles. The standard InChI is InChI=1S/C22H29F6N3O2/c1-2-15(4-3-7-29)20(33)31-8-5-14(6-9-31)10-19(32)30-18-12-16(21(23,24)25)11-17(13-18)22(26,27)28/h11-15H,2-10,29H2,1H3,(H,30,32). The average molecular weight is 481 g/mol. The smallest absolute Gasteiger partial charge is 0.342 e. The fraction of sp³-hybridized carbons (Fsp3) is 0.636. The van der Waals surface area contributed by atoms with E-state index in [0.29, 0.717) is 57.5 Å². The Morgan fingerprint density at radius 3 is 2.06 bits per heavy atom. The van der Waals surface area contributed by atoms with E-state index in [4.69, 9.17) is 5.73 Å². The zero-order valence-electron chi connectivity index (χ0n) is 18.4. The molecule has 1 aliphatic rings. The topological polar surface area (TPSA) is 75.4 Å². The summed E-state index contributed by atoms with van der Waals surface area (Å²) in [6, 6.07) is 0.987. The second-order valence-corrected chi connectivity index (χ2v) is 8.35. The lowest BCUT2D eigenvalue weighted by molar-refractivity contribution is -0.143. The Morgan fingerprint density at radius 2 is 1.61 bits per heavy atom. The Bertz CT molecular complexity index is 785. The van der Waals surface area contributed by atoms with Crippen LogP contribution in [-0.4, -0.2) is 36.3 Å². The summed E-state index contributed by atoms with van der Waals surface area (Å²) >= 11 is 0. The van der Waals surface area contributed by atoms with Crippen LogP contribution in [0.3, 0.4) is 0 Å². The molecule has 3 N–H and O–H groups in total. The first-order chi connectivity index (χ1) is 15.3. The second kappa shape index (κ2) is 11.2. The molecule has 33 heavy (non-hydrogen) atoms. The third-order valence-corrected chi connectivity index (χ3v) is 5.87. The highest BCUT2D eigenvalue weighted by Crippen LogP contribution is 2.37. The van der Waals surface area contributed by atoms with Crippen LogP contribution in [0.4, 0.5) is 32.0 Å². The number of nitrogens with zero attached hydrogens (tertiary/aromatic N) is 1. The Morgan fingerprint density at radius 1 is 1.06 bits per heavy atom. The van der Waals surface area contributed by atoms with Crippen LogP contribution in [0.15, 0.2) is 18.2 Å². The molecule has 1 saturated heterocycles. The van der Waals surface area contributed by atoms with Gasteiger partial charge in [-0.05, 0) is 62.8 Å². The molecule has 0 saturated carbocycles. The molecule has 1 aromatic rings. The minimum atomic E-state index is -4.99. The molecule has 2 rings (SSSR count). The van der Waals surface area contributed by atoms with Crippen LogP contribution in [0.5, 0.6) is 0 Å². The van der Waals surface area contributed by atoms with E-state index in [-0.39, 0.29) is 30.2 Å². The fourth-order valence-electron chi connectivity index (χ4n) is 3.98. The lowest BCUT2D eigenvalue weighted by atomic mass is 9.91. The summed E-state index contributed by atoms with van der Waals surface area (Å²) in [5.74, 6) is -0.831. The van der Waals surface area contributed by atoms with Crippen molar-refractivity contribution >= 4 is 17.5 Å². The van der Waals surface area contributed by atoms with Crippen LogP contribution >= 0.6 is 0 Å². The maximum Gasteiger partial charge on any atom is 0.416 e. The van der Waals surface area contributed by atoms with Gasteiger partial charge in [-0.25, -0.2) is 0 Å². The van der Waals surface area contributed by atoms with Crippen LogP contribution in [0, 0.1) is 11.8 Å². The lowest BCUT2D eigenvalue weighted by Crippen LogP contribution is -2.42. The molecule has 1 atom stereocenters. The maximum atomic E-state index is 13.0. The first kappa shape index (κ1) is 26.9. The first-order valence-electron chi connectivity index (χ1n) is 10.9. The SMILES string of the molecule is CCC(CCCN)C(=O)N1CCC(CC(=O)Nc2cc(C(F)(F)F)cc(C(F)(F)F)c2)CC1. The van der Waals surface area contributed by atoms with E-state index >= 15 is 0 Å². The van der Waals surface area contributed by atoms with Crippen molar-refractivity contribution in [2.45, 2.75) is 57.8 Å². The van der Waals surface area contributed by atoms with E-state index in [1.165, 1.54) is 0 Å². The van der Waals surface area contributed by atoms with Gasteiger partial charge < -0.3 is 16.0 Å². The lowest BCUT2D eigenvalue weighted by Gasteiger charge is -2.34. The minimum absolute atomic E-state index is 0.0134. The Labute approximate surface area is 188 Å². The predicted molar refractivity (Wildman–Crippen MR) is 111 cm³/mol. The van der Waals surface area contributed by atoms with Gasteiger partial charge in [-0.15, -0.1) is 0 Å². The molecule has 1 fully saturated rings. The summed E-state index contributed by atoms with van der Waals surface area (Å²) in [6.07, 6.45) is -6.79. The Hall–Kier alpha value is -2.30. The van der Waals surface area contributed by atoms with E-state index in [1.54, 1.807) is 4.90 Å². The quantitative estimate of drug-likeness (QED) is 0.510. The minimum Gasteiger partial charge on any atom is -0.342 e. The average Bonchev–Trinajstić information content (AvgIpc) is 2.73. The van der Waals surface area contributed by atoms with E-state index in [0.717, 1.165) is 6.42 Å². The molecule has 11 heteroatoms. The summed E-state index contributed by atoms with van der Waals surface area (Å²) in [5, 5.41) is 2.17. The highest BCUT2D eigenvalue weighted by atomic mass is 19.4. The molecule has 2 amide bonds. The number of rotatable bonds is 8. The third kappa shape index (κ3) is 7.90. The van der Waals surface area contributed by atoms with Gasteiger partial charge in [-0.2, -0.15) is 26.3 Å². The summed E-state index contributed by atoms with van der Waals surface area (Å²) in [7, 11) is 0. The van der Waals surface area contributed by atoms with Gasteiger partial charge in [0.1, 0.15) is 0 Å². The van der Waals surface area contributed by atoms with Gasteiger partial charge in [0.15, 0.2) is 0 Å². The summed E-state index contributed by atoms with van der Waals surface area (Å²) in [4.78, 5) is 26.7. The van der Waals surface area contributed by atoms with E-state index in [1.807, 2.05) is 6.92 Å². The largest absolute Gasteiger partial charge is 0.416 e. The van der Waals surface area contributed by atoms with Crippen molar-refractivity contribution in [1.82, 2.24) is 4.90 Å². The number of likely N-dealkylation sites (tertiary alicyclic amines) is 1. The number of hydrogen-bond donors (Lipinski definition) is 2. The molecule has 0 spiro atoms. The maximum absolute atomic E-state index is 13.0. The van der Waals surface area contributed by atoms with Crippen LogP contribution in [0.25, 0.3) is 0 Å². The van der Waals surface area contributed by atoms with E-state index in [9.17, 15) is 35.9 Å². The van der Waals surface area contributed by atoms with Crippen molar-refractivity contribution in [2.24, 2.45) is 17.6 Å². The second-order valence-electron chi connectivity index (χ2n) is 8.35. The highest BCUT2D eigenvalue weighted by molar-refractivity contribution is 5.91. The van der Waals surface area contributed by atoms with Gasteiger partial charge in [-0.3, -0.25) is 9.59 Å². The predicted octanol–water partition coefficient (Wildman–Crippen LogP) is 5.06. The van der Waals surface area contributed by atoms with Gasteiger partial charge in [0.2, 0.25) is 11.8 Å². The fourth-order valence-corrected chi connectivity index (χ4v) is 3.98.